The smallest absolute Gasteiger partial charge is 0.0193 e. The second-order valence-electron chi connectivity index (χ2n) is 5.29. The highest BCUT2D eigenvalue weighted by Gasteiger charge is 2.02. The van der Waals surface area contributed by atoms with Gasteiger partial charge in [-0.25, -0.2) is 0 Å². The van der Waals surface area contributed by atoms with Gasteiger partial charge < -0.3 is 0 Å². The van der Waals surface area contributed by atoms with Crippen LogP contribution in [0.1, 0.15) is 69.4 Å². The van der Waals surface area contributed by atoms with Gasteiger partial charge in [-0.15, -0.1) is 6.58 Å². The summed E-state index contributed by atoms with van der Waals surface area (Å²) < 4.78 is 0. The number of aryl methyl sites for hydroxylation is 1. The Hall–Kier alpha value is -1.04. The summed E-state index contributed by atoms with van der Waals surface area (Å²) in [4.78, 5) is 0. The van der Waals surface area contributed by atoms with E-state index in [2.05, 4.69) is 44.7 Å². The van der Waals surface area contributed by atoms with Crippen molar-refractivity contribution in [1.29, 1.82) is 0 Å². The molecular weight excluding hydrogens is 216 g/mol. The van der Waals surface area contributed by atoms with Gasteiger partial charge in [-0.05, 0) is 49.1 Å². The molecule has 0 saturated carbocycles. The first kappa shape index (κ1) is 15.0. The maximum Gasteiger partial charge on any atom is -0.0193 e. The fourth-order valence-corrected chi connectivity index (χ4v) is 2.22. The molecule has 0 aliphatic carbocycles. The van der Waals surface area contributed by atoms with E-state index in [1.54, 1.807) is 0 Å². The minimum atomic E-state index is 0.693. The number of rotatable bonds is 9. The van der Waals surface area contributed by atoms with Crippen LogP contribution in [0.2, 0.25) is 0 Å². The predicted octanol–water partition coefficient (Wildman–Crippen LogP) is 5.88. The first-order valence-corrected chi connectivity index (χ1v) is 7.47. The summed E-state index contributed by atoms with van der Waals surface area (Å²) in [5.74, 6) is 0.693. The molecule has 0 amide bonds. The van der Waals surface area contributed by atoms with Gasteiger partial charge in [-0.3, -0.25) is 0 Å². The molecule has 1 unspecified atom stereocenters. The Morgan fingerprint density at radius 3 is 2.33 bits per heavy atom. The van der Waals surface area contributed by atoms with Crippen molar-refractivity contribution < 1.29 is 0 Å². The summed E-state index contributed by atoms with van der Waals surface area (Å²) in [6.45, 7) is 8.31. The molecule has 0 spiro atoms. The largest absolute Gasteiger partial charge is 0.103 e. The van der Waals surface area contributed by atoms with Crippen molar-refractivity contribution in [2.75, 3.05) is 0 Å². The third-order valence-electron chi connectivity index (χ3n) is 3.78. The normalized spacial score (nSPS) is 12.3. The van der Waals surface area contributed by atoms with E-state index in [1.807, 2.05) is 6.08 Å². The van der Waals surface area contributed by atoms with Gasteiger partial charge in [0.25, 0.3) is 0 Å². The van der Waals surface area contributed by atoms with E-state index >= 15 is 0 Å². The zero-order valence-corrected chi connectivity index (χ0v) is 12.1. The fourth-order valence-electron chi connectivity index (χ4n) is 2.22. The summed E-state index contributed by atoms with van der Waals surface area (Å²) in [6.07, 6.45) is 11.0. The lowest BCUT2D eigenvalue weighted by Gasteiger charge is -2.09. The first-order chi connectivity index (χ1) is 8.77. The van der Waals surface area contributed by atoms with E-state index in [4.69, 9.17) is 0 Å². The molecule has 0 saturated heterocycles. The maximum atomic E-state index is 3.76. The Morgan fingerprint density at radius 2 is 1.72 bits per heavy atom. The highest BCUT2D eigenvalue weighted by molar-refractivity contribution is 5.25. The van der Waals surface area contributed by atoms with E-state index in [1.165, 1.54) is 56.1 Å². The molecule has 0 radical (unpaired) electrons. The SMILES string of the molecule is C=CCCCCCCc1ccc(C(C)CC)cc1. The Bertz CT molecular complexity index is 320. The molecule has 0 aromatic heterocycles. The minimum absolute atomic E-state index is 0.693. The van der Waals surface area contributed by atoms with E-state index < -0.39 is 0 Å². The molecule has 0 bridgehead atoms. The summed E-state index contributed by atoms with van der Waals surface area (Å²) in [5, 5.41) is 0. The number of hydrogen-bond donors (Lipinski definition) is 0. The van der Waals surface area contributed by atoms with Crippen molar-refractivity contribution in [3.05, 3.63) is 48.0 Å². The average Bonchev–Trinajstić information content (AvgIpc) is 2.42. The van der Waals surface area contributed by atoms with Gasteiger partial charge in [0.15, 0.2) is 0 Å². The second-order valence-corrected chi connectivity index (χ2v) is 5.29. The van der Waals surface area contributed by atoms with Crippen LogP contribution in [0.3, 0.4) is 0 Å². The average molecular weight is 244 g/mol. The third kappa shape index (κ3) is 5.53. The van der Waals surface area contributed by atoms with Gasteiger partial charge in [0.2, 0.25) is 0 Å². The lowest BCUT2D eigenvalue weighted by molar-refractivity contribution is 0.646. The molecule has 0 fully saturated rings. The zero-order valence-electron chi connectivity index (χ0n) is 12.1. The van der Waals surface area contributed by atoms with Crippen molar-refractivity contribution in [1.82, 2.24) is 0 Å². The zero-order chi connectivity index (χ0) is 13.2. The molecule has 0 aliphatic rings. The number of unbranched alkanes of at least 4 members (excludes halogenated alkanes) is 4. The molecule has 0 nitrogen and oxygen atoms in total. The molecule has 1 atom stereocenters. The van der Waals surface area contributed by atoms with Crippen LogP contribution in [0.15, 0.2) is 36.9 Å². The van der Waals surface area contributed by atoms with Crippen LogP contribution in [-0.2, 0) is 6.42 Å². The summed E-state index contributed by atoms with van der Waals surface area (Å²) in [5.41, 5.74) is 2.97. The lowest BCUT2D eigenvalue weighted by atomic mass is 9.96. The van der Waals surface area contributed by atoms with E-state index in [0.29, 0.717) is 5.92 Å². The van der Waals surface area contributed by atoms with Crippen molar-refractivity contribution in [2.45, 2.75) is 64.7 Å². The molecule has 0 heteroatoms. The van der Waals surface area contributed by atoms with Gasteiger partial charge in [-0.1, -0.05) is 57.0 Å². The van der Waals surface area contributed by atoms with Crippen LogP contribution >= 0.6 is 0 Å². The number of benzene rings is 1. The lowest BCUT2D eigenvalue weighted by Crippen LogP contribution is -1.92. The van der Waals surface area contributed by atoms with Gasteiger partial charge in [0.05, 0.1) is 0 Å². The molecule has 100 valence electrons. The molecule has 1 rings (SSSR count). The third-order valence-corrected chi connectivity index (χ3v) is 3.78. The van der Waals surface area contributed by atoms with E-state index in [-0.39, 0.29) is 0 Å². The highest BCUT2D eigenvalue weighted by Crippen LogP contribution is 2.19. The van der Waals surface area contributed by atoms with Crippen LogP contribution in [-0.4, -0.2) is 0 Å². The molecule has 18 heavy (non-hydrogen) atoms. The number of allylic oxidation sites excluding steroid dienone is 1. The second kappa shape index (κ2) is 8.97. The van der Waals surface area contributed by atoms with Crippen LogP contribution in [0, 0.1) is 0 Å². The molecular formula is C18H28. The predicted molar refractivity (Wildman–Crippen MR) is 82.1 cm³/mol. The first-order valence-electron chi connectivity index (χ1n) is 7.47. The van der Waals surface area contributed by atoms with Gasteiger partial charge in [0, 0.05) is 0 Å². The van der Waals surface area contributed by atoms with Crippen LogP contribution in [0.25, 0.3) is 0 Å². The molecule has 0 N–H and O–H groups in total. The summed E-state index contributed by atoms with van der Waals surface area (Å²) >= 11 is 0. The Morgan fingerprint density at radius 1 is 1.06 bits per heavy atom. The van der Waals surface area contributed by atoms with Crippen LogP contribution in [0.4, 0.5) is 0 Å². The quantitative estimate of drug-likeness (QED) is 0.376. The van der Waals surface area contributed by atoms with Crippen LogP contribution < -0.4 is 0 Å². The maximum absolute atomic E-state index is 3.76. The van der Waals surface area contributed by atoms with E-state index in [9.17, 15) is 0 Å². The Kier molecular flexibility index (Phi) is 7.48. The molecule has 1 aromatic rings. The van der Waals surface area contributed by atoms with Crippen molar-refractivity contribution in [2.24, 2.45) is 0 Å². The van der Waals surface area contributed by atoms with Crippen molar-refractivity contribution >= 4 is 0 Å². The molecule has 1 aromatic carbocycles. The topological polar surface area (TPSA) is 0 Å². The van der Waals surface area contributed by atoms with Gasteiger partial charge in [0.1, 0.15) is 0 Å². The minimum Gasteiger partial charge on any atom is -0.103 e. The van der Waals surface area contributed by atoms with Crippen molar-refractivity contribution in [3.63, 3.8) is 0 Å². The summed E-state index contributed by atoms with van der Waals surface area (Å²) in [7, 11) is 0. The standard InChI is InChI=1S/C18H28/c1-4-6-7-8-9-10-11-17-12-14-18(15-13-17)16(3)5-2/h4,12-16H,1,5-11H2,2-3H3. The van der Waals surface area contributed by atoms with Gasteiger partial charge >= 0.3 is 0 Å². The monoisotopic (exact) mass is 244 g/mol. The highest BCUT2D eigenvalue weighted by atomic mass is 14.1. The van der Waals surface area contributed by atoms with E-state index in [0.717, 1.165) is 0 Å². The summed E-state index contributed by atoms with van der Waals surface area (Å²) in [6, 6.07) is 9.24. The van der Waals surface area contributed by atoms with Gasteiger partial charge in [-0.2, -0.15) is 0 Å². The number of hydrogen-bond acceptors (Lipinski definition) is 0. The Labute approximate surface area is 113 Å². The fraction of sp³-hybridized carbons (Fsp3) is 0.556. The Balaban J connectivity index is 2.24. The molecule has 0 aliphatic heterocycles. The van der Waals surface area contributed by atoms with Crippen molar-refractivity contribution in [3.8, 4) is 0 Å². The molecule has 0 heterocycles. The van der Waals surface area contributed by atoms with Crippen LogP contribution in [0.5, 0.6) is 0 Å².